The molecule has 2 rings (SSSR count). The van der Waals surface area contributed by atoms with Gasteiger partial charge in [0.25, 0.3) is 10.0 Å². The second-order valence-electron chi connectivity index (χ2n) is 3.38. The molecule has 0 radical (unpaired) electrons. The van der Waals surface area contributed by atoms with Crippen LogP contribution in [0.15, 0.2) is 35.7 Å². The van der Waals surface area contributed by atoms with Crippen molar-refractivity contribution in [2.45, 2.75) is 5.03 Å². The number of para-hydroxylation sites is 1. The van der Waals surface area contributed by atoms with Gasteiger partial charge in [-0.05, 0) is 12.1 Å². The molecule has 1 heterocycles. The third-order valence-electron chi connectivity index (χ3n) is 2.22. The SMILES string of the molecule is COc1cccc(O)c1NS(=O)(=O)c1cnc[nH]1. The topological polar surface area (TPSA) is 104 Å². The Balaban J connectivity index is 2.41. The van der Waals surface area contributed by atoms with Crippen LogP contribution in [0.25, 0.3) is 0 Å². The number of H-pyrrole nitrogens is 1. The molecule has 1 aromatic heterocycles. The molecule has 0 spiro atoms. The predicted molar refractivity (Wildman–Crippen MR) is 64.1 cm³/mol. The van der Waals surface area contributed by atoms with Crippen molar-refractivity contribution in [1.29, 1.82) is 0 Å². The molecule has 0 aliphatic heterocycles. The highest BCUT2D eigenvalue weighted by Crippen LogP contribution is 2.34. The van der Waals surface area contributed by atoms with E-state index in [-0.39, 0.29) is 22.2 Å². The maximum absolute atomic E-state index is 11.9. The van der Waals surface area contributed by atoms with E-state index in [0.29, 0.717) is 0 Å². The number of phenolic OH excluding ortho intramolecular Hbond substituents is 1. The molecule has 0 aliphatic carbocycles. The van der Waals surface area contributed by atoms with E-state index < -0.39 is 10.0 Å². The second-order valence-corrected chi connectivity index (χ2v) is 5.03. The Kier molecular flexibility index (Phi) is 3.11. The molecule has 0 bridgehead atoms. The van der Waals surface area contributed by atoms with Gasteiger partial charge in [0, 0.05) is 0 Å². The molecule has 0 unspecified atom stereocenters. The molecule has 96 valence electrons. The summed E-state index contributed by atoms with van der Waals surface area (Å²) in [6.07, 6.45) is 2.41. The number of benzene rings is 1. The number of rotatable bonds is 4. The molecule has 7 nitrogen and oxygen atoms in total. The molecule has 0 atom stereocenters. The summed E-state index contributed by atoms with van der Waals surface area (Å²) in [5.74, 6) is -0.00414. The van der Waals surface area contributed by atoms with Gasteiger partial charge < -0.3 is 14.8 Å². The van der Waals surface area contributed by atoms with Gasteiger partial charge in [0.15, 0.2) is 5.03 Å². The minimum Gasteiger partial charge on any atom is -0.506 e. The molecule has 0 amide bonds. The fraction of sp³-hybridized carbons (Fsp3) is 0.100. The van der Waals surface area contributed by atoms with Crippen LogP contribution >= 0.6 is 0 Å². The number of aromatic nitrogens is 2. The van der Waals surface area contributed by atoms with Gasteiger partial charge in [0.05, 0.1) is 19.6 Å². The molecule has 3 N–H and O–H groups in total. The van der Waals surface area contributed by atoms with Gasteiger partial charge in [-0.3, -0.25) is 4.72 Å². The average molecular weight is 269 g/mol. The van der Waals surface area contributed by atoms with Gasteiger partial charge in [-0.15, -0.1) is 0 Å². The van der Waals surface area contributed by atoms with Gasteiger partial charge in [-0.1, -0.05) is 6.07 Å². The number of sulfonamides is 1. The van der Waals surface area contributed by atoms with Crippen LogP contribution in [0.4, 0.5) is 5.69 Å². The molecular weight excluding hydrogens is 258 g/mol. The van der Waals surface area contributed by atoms with Gasteiger partial charge >= 0.3 is 0 Å². The standard InChI is InChI=1S/C10H11N3O4S/c1-17-8-4-2-3-7(14)10(8)13-18(15,16)9-5-11-6-12-9/h2-6,13-14H,1H3,(H,11,12). The normalized spacial score (nSPS) is 11.2. The van der Waals surface area contributed by atoms with E-state index in [1.807, 2.05) is 0 Å². The lowest BCUT2D eigenvalue weighted by molar-refractivity contribution is 0.411. The Morgan fingerprint density at radius 2 is 2.22 bits per heavy atom. The Labute approximate surface area is 104 Å². The lowest BCUT2D eigenvalue weighted by atomic mass is 10.3. The lowest BCUT2D eigenvalue weighted by Gasteiger charge is -2.11. The summed E-state index contributed by atoms with van der Waals surface area (Å²) >= 11 is 0. The van der Waals surface area contributed by atoms with Gasteiger partial charge in [0.1, 0.15) is 17.2 Å². The fourth-order valence-electron chi connectivity index (χ4n) is 1.37. The van der Waals surface area contributed by atoms with E-state index in [0.717, 1.165) is 6.20 Å². The van der Waals surface area contributed by atoms with Crippen LogP contribution in [0.1, 0.15) is 0 Å². The number of ether oxygens (including phenoxy) is 1. The van der Waals surface area contributed by atoms with Crippen molar-refractivity contribution in [2.75, 3.05) is 11.8 Å². The van der Waals surface area contributed by atoms with Crippen LogP contribution in [-0.2, 0) is 10.0 Å². The first-order valence-corrected chi connectivity index (χ1v) is 6.40. The van der Waals surface area contributed by atoms with Crippen molar-refractivity contribution in [3.05, 3.63) is 30.7 Å². The zero-order valence-corrected chi connectivity index (χ0v) is 10.2. The van der Waals surface area contributed by atoms with Crippen LogP contribution in [-0.4, -0.2) is 30.6 Å². The quantitative estimate of drug-likeness (QED) is 0.716. The van der Waals surface area contributed by atoms with Crippen LogP contribution in [0, 0.1) is 0 Å². The Bertz CT molecular complexity index is 637. The summed E-state index contributed by atoms with van der Waals surface area (Å²) in [5.41, 5.74) is -0.0189. The number of phenols is 1. The Hall–Kier alpha value is -2.22. The monoisotopic (exact) mass is 269 g/mol. The minimum atomic E-state index is -3.83. The third-order valence-corrected chi connectivity index (χ3v) is 3.50. The number of imidazole rings is 1. The Morgan fingerprint density at radius 1 is 1.44 bits per heavy atom. The molecule has 1 aromatic carbocycles. The highest BCUT2D eigenvalue weighted by atomic mass is 32.2. The minimum absolute atomic E-state index is 0.0189. The number of methoxy groups -OCH3 is 1. The van der Waals surface area contributed by atoms with Gasteiger partial charge in [-0.2, -0.15) is 8.42 Å². The third kappa shape index (κ3) is 2.23. The largest absolute Gasteiger partial charge is 0.506 e. The molecule has 2 aromatic rings. The smallest absolute Gasteiger partial charge is 0.279 e. The molecule has 0 aliphatic rings. The maximum Gasteiger partial charge on any atom is 0.279 e. The maximum atomic E-state index is 11.9. The van der Waals surface area contributed by atoms with Crippen molar-refractivity contribution >= 4 is 15.7 Å². The lowest BCUT2D eigenvalue weighted by Crippen LogP contribution is -2.14. The van der Waals surface area contributed by atoms with E-state index in [4.69, 9.17) is 4.74 Å². The van der Waals surface area contributed by atoms with E-state index in [9.17, 15) is 13.5 Å². The molecule has 0 saturated heterocycles. The number of hydrogen-bond donors (Lipinski definition) is 3. The Morgan fingerprint density at radius 3 is 2.83 bits per heavy atom. The van der Waals surface area contributed by atoms with Crippen molar-refractivity contribution in [1.82, 2.24) is 9.97 Å². The molecular formula is C10H11N3O4S. The zero-order valence-electron chi connectivity index (χ0n) is 9.41. The predicted octanol–water partition coefficient (Wildman–Crippen LogP) is 0.925. The second kappa shape index (κ2) is 4.57. The zero-order chi connectivity index (χ0) is 13.2. The summed E-state index contributed by atoms with van der Waals surface area (Å²) in [7, 11) is -2.46. The van der Waals surface area contributed by atoms with Crippen LogP contribution in [0.5, 0.6) is 11.5 Å². The van der Waals surface area contributed by atoms with E-state index in [1.165, 1.54) is 25.6 Å². The van der Waals surface area contributed by atoms with Crippen LogP contribution < -0.4 is 9.46 Å². The summed E-state index contributed by atoms with van der Waals surface area (Å²) < 4.78 is 31.1. The molecule has 8 heteroatoms. The molecule has 0 saturated carbocycles. The fourth-order valence-corrected chi connectivity index (χ4v) is 2.36. The van der Waals surface area contributed by atoms with Crippen molar-refractivity contribution in [3.63, 3.8) is 0 Å². The summed E-state index contributed by atoms with van der Waals surface area (Å²) in [6, 6.07) is 4.43. The summed E-state index contributed by atoms with van der Waals surface area (Å²) in [6.45, 7) is 0. The van der Waals surface area contributed by atoms with Crippen LogP contribution in [0.3, 0.4) is 0 Å². The van der Waals surface area contributed by atoms with E-state index in [2.05, 4.69) is 14.7 Å². The number of aromatic amines is 1. The first kappa shape index (κ1) is 12.2. The van der Waals surface area contributed by atoms with Gasteiger partial charge in [0.2, 0.25) is 0 Å². The number of anilines is 1. The van der Waals surface area contributed by atoms with Gasteiger partial charge in [-0.25, -0.2) is 4.98 Å². The molecule has 18 heavy (non-hydrogen) atoms. The first-order valence-electron chi connectivity index (χ1n) is 4.92. The van der Waals surface area contributed by atoms with E-state index in [1.54, 1.807) is 6.07 Å². The van der Waals surface area contributed by atoms with Crippen molar-refractivity contribution in [2.24, 2.45) is 0 Å². The summed E-state index contributed by atoms with van der Waals surface area (Å²) in [4.78, 5) is 6.10. The first-order chi connectivity index (χ1) is 8.54. The number of nitrogens with zero attached hydrogens (tertiary/aromatic N) is 1. The number of nitrogens with one attached hydrogen (secondary N) is 2. The number of hydrogen-bond acceptors (Lipinski definition) is 5. The molecule has 0 fully saturated rings. The van der Waals surface area contributed by atoms with Crippen molar-refractivity contribution in [3.8, 4) is 11.5 Å². The van der Waals surface area contributed by atoms with Crippen LogP contribution in [0.2, 0.25) is 0 Å². The van der Waals surface area contributed by atoms with E-state index >= 15 is 0 Å². The summed E-state index contributed by atoms with van der Waals surface area (Å²) in [5, 5.41) is 9.55. The highest BCUT2D eigenvalue weighted by molar-refractivity contribution is 7.92. The average Bonchev–Trinajstić information content (AvgIpc) is 2.86. The highest BCUT2D eigenvalue weighted by Gasteiger charge is 2.19. The number of aromatic hydroxyl groups is 1. The van der Waals surface area contributed by atoms with Crippen molar-refractivity contribution < 1.29 is 18.3 Å².